The van der Waals surface area contributed by atoms with Gasteiger partial charge in [0.15, 0.2) is 0 Å². The lowest BCUT2D eigenvalue weighted by Gasteiger charge is -2.40. The first-order valence-electron chi connectivity index (χ1n) is 9.63. The van der Waals surface area contributed by atoms with Gasteiger partial charge in [-0.2, -0.15) is 0 Å². The predicted octanol–water partition coefficient (Wildman–Crippen LogP) is 3.15. The highest BCUT2D eigenvalue weighted by Gasteiger charge is 2.45. The standard InChI is InChI=1S/C20H20N2O4.C2H6/c23-18(21-25)15-7-5-14(6-8-15)11-22-12-20(9-10-26-13-20)17-4-2-1-3-16(17)19(22)24;1-2/h1-8,25H,9-13H2,(H,21,23);1-2H3. The third kappa shape index (κ3) is 3.66. The molecule has 1 unspecified atom stereocenters. The molecule has 6 nitrogen and oxygen atoms in total. The lowest BCUT2D eigenvalue weighted by atomic mass is 9.74. The number of rotatable bonds is 3. The zero-order valence-corrected chi connectivity index (χ0v) is 16.3. The molecular formula is C22H26N2O4. The van der Waals surface area contributed by atoms with Gasteiger partial charge in [0.1, 0.15) is 0 Å². The minimum atomic E-state index is -0.554. The van der Waals surface area contributed by atoms with Crippen LogP contribution in [-0.4, -0.2) is 41.7 Å². The van der Waals surface area contributed by atoms with E-state index < -0.39 is 5.91 Å². The molecule has 2 aliphatic heterocycles. The van der Waals surface area contributed by atoms with Gasteiger partial charge in [0.25, 0.3) is 11.8 Å². The maximum Gasteiger partial charge on any atom is 0.274 e. The summed E-state index contributed by atoms with van der Waals surface area (Å²) in [5.74, 6) is -0.531. The van der Waals surface area contributed by atoms with Gasteiger partial charge < -0.3 is 9.64 Å². The summed E-state index contributed by atoms with van der Waals surface area (Å²) in [4.78, 5) is 26.3. The molecule has 2 aromatic carbocycles. The molecule has 1 saturated heterocycles. The van der Waals surface area contributed by atoms with E-state index >= 15 is 0 Å². The van der Waals surface area contributed by atoms with Crippen LogP contribution >= 0.6 is 0 Å². The van der Waals surface area contributed by atoms with Crippen molar-refractivity contribution >= 4 is 11.8 Å². The molecule has 0 aliphatic carbocycles. The maximum atomic E-state index is 13.0. The molecule has 0 saturated carbocycles. The van der Waals surface area contributed by atoms with Crippen LogP contribution in [0.4, 0.5) is 0 Å². The number of hydrogen-bond acceptors (Lipinski definition) is 4. The van der Waals surface area contributed by atoms with Crippen molar-refractivity contribution in [1.82, 2.24) is 10.4 Å². The van der Waals surface area contributed by atoms with E-state index in [9.17, 15) is 9.59 Å². The fourth-order valence-electron chi connectivity index (χ4n) is 3.94. The Kier molecular flexibility index (Phi) is 6.11. The van der Waals surface area contributed by atoms with Crippen molar-refractivity contribution in [2.45, 2.75) is 32.2 Å². The van der Waals surface area contributed by atoms with Crippen LogP contribution < -0.4 is 5.48 Å². The average Bonchev–Trinajstić information content (AvgIpc) is 3.22. The number of carbonyl (C=O) groups excluding carboxylic acids is 2. The van der Waals surface area contributed by atoms with Gasteiger partial charge in [-0.1, -0.05) is 44.2 Å². The van der Waals surface area contributed by atoms with Crippen molar-refractivity contribution in [3.8, 4) is 0 Å². The van der Waals surface area contributed by atoms with Gasteiger partial charge in [0.2, 0.25) is 0 Å². The van der Waals surface area contributed by atoms with E-state index in [1.807, 2.05) is 43.0 Å². The minimum Gasteiger partial charge on any atom is -0.380 e. The number of hydrogen-bond donors (Lipinski definition) is 2. The van der Waals surface area contributed by atoms with Gasteiger partial charge in [0, 0.05) is 36.2 Å². The molecule has 6 heteroatoms. The third-order valence-corrected chi connectivity index (χ3v) is 5.30. The lowest BCUT2D eigenvalue weighted by Crippen LogP contribution is -2.49. The van der Waals surface area contributed by atoms with E-state index in [2.05, 4.69) is 0 Å². The SMILES string of the molecule is CC.O=C(NO)c1ccc(CN2CC3(CCOC3)c3ccccc3C2=O)cc1. The number of fused-ring (bicyclic) bond motifs is 2. The van der Waals surface area contributed by atoms with E-state index in [-0.39, 0.29) is 11.3 Å². The van der Waals surface area contributed by atoms with E-state index in [0.29, 0.717) is 31.9 Å². The van der Waals surface area contributed by atoms with Gasteiger partial charge in [-0.3, -0.25) is 14.8 Å². The first-order chi connectivity index (χ1) is 13.6. The smallest absolute Gasteiger partial charge is 0.274 e. The highest BCUT2D eigenvalue weighted by Crippen LogP contribution is 2.40. The predicted molar refractivity (Wildman–Crippen MR) is 105 cm³/mol. The van der Waals surface area contributed by atoms with Gasteiger partial charge in [-0.05, 0) is 35.7 Å². The molecule has 1 spiro atoms. The highest BCUT2D eigenvalue weighted by atomic mass is 16.5. The largest absolute Gasteiger partial charge is 0.380 e. The van der Waals surface area contributed by atoms with Crippen molar-refractivity contribution in [3.63, 3.8) is 0 Å². The molecule has 148 valence electrons. The number of benzene rings is 2. The normalized spacial score (nSPS) is 20.4. The molecule has 4 rings (SSSR count). The molecule has 0 bridgehead atoms. The summed E-state index contributed by atoms with van der Waals surface area (Å²) in [6.45, 7) is 6.43. The van der Waals surface area contributed by atoms with Crippen LogP contribution in [-0.2, 0) is 16.7 Å². The molecule has 2 heterocycles. The van der Waals surface area contributed by atoms with Crippen molar-refractivity contribution in [2.75, 3.05) is 19.8 Å². The lowest BCUT2D eigenvalue weighted by molar-refractivity contribution is 0.0636. The molecule has 2 aliphatic rings. The Balaban J connectivity index is 0.00000109. The number of amides is 2. The fraction of sp³-hybridized carbons (Fsp3) is 0.364. The van der Waals surface area contributed by atoms with E-state index in [0.717, 1.165) is 23.1 Å². The quantitative estimate of drug-likeness (QED) is 0.631. The van der Waals surface area contributed by atoms with Crippen molar-refractivity contribution in [2.24, 2.45) is 0 Å². The molecule has 1 atom stereocenters. The maximum absolute atomic E-state index is 13.0. The second kappa shape index (κ2) is 8.54. The van der Waals surface area contributed by atoms with Crippen LogP contribution in [0.1, 0.15) is 52.1 Å². The van der Waals surface area contributed by atoms with Gasteiger partial charge in [-0.25, -0.2) is 5.48 Å². The molecule has 0 radical (unpaired) electrons. The van der Waals surface area contributed by atoms with Crippen LogP contribution in [0.3, 0.4) is 0 Å². The van der Waals surface area contributed by atoms with Gasteiger partial charge in [0.05, 0.1) is 6.61 Å². The fourth-order valence-corrected chi connectivity index (χ4v) is 3.94. The van der Waals surface area contributed by atoms with Crippen LogP contribution in [0.5, 0.6) is 0 Å². The Bertz CT molecular complexity index is 842. The number of hydroxylamine groups is 1. The van der Waals surface area contributed by atoms with E-state index in [1.54, 1.807) is 29.7 Å². The van der Waals surface area contributed by atoms with Crippen LogP contribution in [0.2, 0.25) is 0 Å². The molecule has 0 aromatic heterocycles. The second-order valence-electron chi connectivity index (χ2n) is 6.93. The van der Waals surface area contributed by atoms with E-state index in [4.69, 9.17) is 9.94 Å². The number of ether oxygens (including phenoxy) is 1. The Morgan fingerprint density at radius 3 is 2.54 bits per heavy atom. The Hall–Kier alpha value is -2.70. The van der Waals surface area contributed by atoms with Crippen molar-refractivity contribution in [1.29, 1.82) is 0 Å². The zero-order valence-electron chi connectivity index (χ0n) is 16.3. The number of nitrogens with zero attached hydrogens (tertiary/aromatic N) is 1. The van der Waals surface area contributed by atoms with Crippen molar-refractivity contribution in [3.05, 3.63) is 70.8 Å². The molecule has 2 N–H and O–H groups in total. The monoisotopic (exact) mass is 382 g/mol. The van der Waals surface area contributed by atoms with Crippen LogP contribution in [0, 0.1) is 0 Å². The first kappa shape index (κ1) is 20.0. The van der Waals surface area contributed by atoms with Crippen LogP contribution in [0.15, 0.2) is 48.5 Å². The van der Waals surface area contributed by atoms with Crippen LogP contribution in [0.25, 0.3) is 0 Å². The first-order valence-corrected chi connectivity index (χ1v) is 9.63. The number of nitrogens with one attached hydrogen (secondary N) is 1. The summed E-state index contributed by atoms with van der Waals surface area (Å²) in [6.07, 6.45) is 0.906. The number of carbonyl (C=O) groups is 2. The molecule has 28 heavy (non-hydrogen) atoms. The summed E-state index contributed by atoms with van der Waals surface area (Å²) in [5.41, 5.74) is 4.62. The third-order valence-electron chi connectivity index (χ3n) is 5.30. The summed E-state index contributed by atoms with van der Waals surface area (Å²) >= 11 is 0. The molecule has 1 fully saturated rings. The zero-order chi connectivity index (χ0) is 20.1. The molecule has 2 amide bonds. The molecular weight excluding hydrogens is 356 g/mol. The Morgan fingerprint density at radius 1 is 1.18 bits per heavy atom. The Morgan fingerprint density at radius 2 is 1.89 bits per heavy atom. The summed E-state index contributed by atoms with van der Waals surface area (Å²) in [7, 11) is 0. The second-order valence-corrected chi connectivity index (χ2v) is 6.93. The topological polar surface area (TPSA) is 78.9 Å². The minimum absolute atomic E-state index is 0.0234. The van der Waals surface area contributed by atoms with Gasteiger partial charge in [-0.15, -0.1) is 0 Å². The summed E-state index contributed by atoms with van der Waals surface area (Å²) in [6, 6.07) is 14.7. The highest BCUT2D eigenvalue weighted by molar-refractivity contribution is 5.97. The van der Waals surface area contributed by atoms with Gasteiger partial charge >= 0.3 is 0 Å². The Labute approximate surface area is 165 Å². The molecule has 2 aromatic rings. The average molecular weight is 382 g/mol. The summed E-state index contributed by atoms with van der Waals surface area (Å²) < 4.78 is 5.68. The van der Waals surface area contributed by atoms with E-state index in [1.165, 1.54) is 0 Å². The van der Waals surface area contributed by atoms with Crippen molar-refractivity contribution < 1.29 is 19.5 Å². The summed E-state index contributed by atoms with van der Waals surface area (Å²) in [5, 5.41) is 8.70.